The fraction of sp³-hybridized carbons (Fsp3) is 0.120. The molecule has 8 nitrogen and oxygen atoms in total. The molecule has 12 heteroatoms. The van der Waals surface area contributed by atoms with Crippen LogP contribution in [0, 0.1) is 0 Å². The molecule has 0 aromatic heterocycles. The summed E-state index contributed by atoms with van der Waals surface area (Å²) in [6.07, 6.45) is -4.52. The lowest BCUT2D eigenvalue weighted by Crippen LogP contribution is -2.33. The molecule has 192 valence electrons. The van der Waals surface area contributed by atoms with Crippen LogP contribution in [0.25, 0.3) is 0 Å². The zero-order chi connectivity index (χ0) is 27.2. The van der Waals surface area contributed by atoms with Crippen LogP contribution in [0.1, 0.15) is 28.4 Å². The van der Waals surface area contributed by atoms with Gasteiger partial charge in [-0.1, -0.05) is 11.6 Å². The topological polar surface area (TPSA) is 106 Å². The number of alkyl halides is 3. The molecule has 3 rings (SSSR count). The van der Waals surface area contributed by atoms with Crippen LogP contribution in [-0.2, 0) is 15.8 Å². The van der Waals surface area contributed by atoms with Crippen molar-refractivity contribution >= 4 is 40.8 Å². The Balaban J connectivity index is 1.63. The number of carbonyl (C=O) groups excluding carboxylic acids is 3. The Labute approximate surface area is 214 Å². The zero-order valence-corrected chi connectivity index (χ0v) is 20.1. The van der Waals surface area contributed by atoms with Gasteiger partial charge >= 0.3 is 24.0 Å². The molecule has 0 unspecified atom stereocenters. The number of hydrogen-bond acceptors (Lipinski definition) is 6. The Bertz CT molecular complexity index is 1340. The molecule has 0 bridgehead atoms. The Morgan fingerprint density at radius 3 is 2.08 bits per heavy atom. The molecule has 37 heavy (non-hydrogen) atoms. The monoisotopic (exact) mass is 533 g/mol. The molecule has 3 aromatic carbocycles. The van der Waals surface area contributed by atoms with Crippen molar-refractivity contribution in [1.82, 2.24) is 5.43 Å². The number of rotatable bonds is 6. The number of hydrogen-bond donors (Lipinski definition) is 2. The molecule has 0 heterocycles. The molecule has 0 radical (unpaired) electrons. The van der Waals surface area contributed by atoms with Crippen LogP contribution in [0.3, 0.4) is 0 Å². The second-order valence-electron chi connectivity index (χ2n) is 7.43. The van der Waals surface area contributed by atoms with Gasteiger partial charge in [0.05, 0.1) is 23.9 Å². The summed E-state index contributed by atoms with van der Waals surface area (Å²) < 4.78 is 48.6. The minimum Gasteiger partial charge on any atom is -0.493 e. The molecule has 0 saturated carbocycles. The second kappa shape index (κ2) is 11.6. The van der Waals surface area contributed by atoms with E-state index in [0.717, 1.165) is 24.3 Å². The van der Waals surface area contributed by atoms with Gasteiger partial charge in [-0.25, -0.2) is 10.2 Å². The van der Waals surface area contributed by atoms with Gasteiger partial charge in [-0.2, -0.15) is 18.3 Å². The number of nitrogens with zero attached hydrogens (tertiary/aromatic N) is 1. The van der Waals surface area contributed by atoms with E-state index in [1.807, 2.05) is 0 Å². The van der Waals surface area contributed by atoms with Gasteiger partial charge in [0.1, 0.15) is 0 Å². The van der Waals surface area contributed by atoms with Crippen LogP contribution in [0.5, 0.6) is 11.5 Å². The summed E-state index contributed by atoms with van der Waals surface area (Å²) in [5.74, 6) is -2.54. The summed E-state index contributed by atoms with van der Waals surface area (Å²) in [5, 5.41) is 6.51. The third-order valence-electron chi connectivity index (χ3n) is 4.87. The van der Waals surface area contributed by atoms with E-state index in [0.29, 0.717) is 10.6 Å². The first-order valence-electron chi connectivity index (χ1n) is 10.5. The number of benzene rings is 3. The summed E-state index contributed by atoms with van der Waals surface area (Å²) in [6, 6.07) is 14.3. The van der Waals surface area contributed by atoms with Gasteiger partial charge in [-0.15, -0.1) is 0 Å². The van der Waals surface area contributed by atoms with Gasteiger partial charge in [0, 0.05) is 16.3 Å². The summed E-state index contributed by atoms with van der Waals surface area (Å²) in [7, 11) is 1.37. The highest BCUT2D eigenvalue weighted by atomic mass is 35.5. The molecule has 2 N–H and O–H groups in total. The molecule has 0 spiro atoms. The van der Waals surface area contributed by atoms with Gasteiger partial charge in [0.2, 0.25) is 0 Å². The minimum atomic E-state index is -4.52. The van der Waals surface area contributed by atoms with E-state index in [-0.39, 0.29) is 28.5 Å². The van der Waals surface area contributed by atoms with Gasteiger partial charge in [-0.3, -0.25) is 9.59 Å². The van der Waals surface area contributed by atoms with Crippen molar-refractivity contribution in [1.29, 1.82) is 0 Å². The summed E-state index contributed by atoms with van der Waals surface area (Å²) in [5.41, 5.74) is 2.22. The largest absolute Gasteiger partial charge is 0.493 e. The maximum Gasteiger partial charge on any atom is 0.416 e. The minimum absolute atomic E-state index is 0.00215. The first-order chi connectivity index (χ1) is 17.5. The predicted molar refractivity (Wildman–Crippen MR) is 130 cm³/mol. The van der Waals surface area contributed by atoms with Gasteiger partial charge in [0.15, 0.2) is 11.5 Å². The number of ether oxygens (including phenoxy) is 2. The highest BCUT2D eigenvalue weighted by molar-refractivity contribution is 6.39. The molecular formula is C25H19ClF3N3O5. The predicted octanol–water partition coefficient (Wildman–Crippen LogP) is 5.07. The average molecular weight is 534 g/mol. The number of hydrazone groups is 1. The molecule has 0 aliphatic heterocycles. The Kier molecular flexibility index (Phi) is 8.51. The number of carbonyl (C=O) groups is 3. The van der Waals surface area contributed by atoms with E-state index in [2.05, 4.69) is 15.8 Å². The Morgan fingerprint density at radius 2 is 1.49 bits per heavy atom. The Morgan fingerprint density at radius 1 is 0.865 bits per heavy atom. The maximum atomic E-state index is 12.6. The van der Waals surface area contributed by atoms with Crippen LogP contribution >= 0.6 is 11.6 Å². The molecule has 0 fully saturated rings. The molecule has 2 amide bonds. The quantitative estimate of drug-likeness (QED) is 0.151. The van der Waals surface area contributed by atoms with Crippen LogP contribution in [-0.4, -0.2) is 30.6 Å². The van der Waals surface area contributed by atoms with Crippen LogP contribution in [0.15, 0.2) is 71.8 Å². The molecular weight excluding hydrogens is 515 g/mol. The zero-order valence-electron chi connectivity index (χ0n) is 19.4. The lowest BCUT2D eigenvalue weighted by Gasteiger charge is -2.11. The lowest BCUT2D eigenvalue weighted by molar-refractivity contribution is -0.137. The number of esters is 1. The van der Waals surface area contributed by atoms with Crippen molar-refractivity contribution in [2.75, 3.05) is 12.4 Å². The van der Waals surface area contributed by atoms with E-state index in [1.165, 1.54) is 31.4 Å². The first-order valence-corrected chi connectivity index (χ1v) is 10.8. The first kappa shape index (κ1) is 27.2. The fourth-order valence-electron chi connectivity index (χ4n) is 2.90. The van der Waals surface area contributed by atoms with Crippen LogP contribution < -0.4 is 20.2 Å². The van der Waals surface area contributed by atoms with E-state index < -0.39 is 29.5 Å². The highest BCUT2D eigenvalue weighted by Gasteiger charge is 2.30. The third-order valence-corrected chi connectivity index (χ3v) is 5.12. The number of halogens is 4. The number of nitrogens with one attached hydrogen (secondary N) is 2. The lowest BCUT2D eigenvalue weighted by atomic mass is 10.1. The van der Waals surface area contributed by atoms with Crippen molar-refractivity contribution in [2.24, 2.45) is 5.10 Å². The van der Waals surface area contributed by atoms with E-state index in [1.54, 1.807) is 25.1 Å². The van der Waals surface area contributed by atoms with Crippen LogP contribution in [0.4, 0.5) is 18.9 Å². The molecule has 0 aliphatic carbocycles. The Hall–Kier alpha value is -4.38. The maximum absolute atomic E-state index is 12.6. The molecule has 0 aliphatic rings. The molecule has 0 saturated heterocycles. The molecule has 0 atom stereocenters. The SMILES string of the molecule is COc1cc(/C(C)=N/NC(=O)C(=O)Nc2ccc(C(F)(F)F)cc2)ccc1OC(=O)c1ccc(Cl)cc1. The van der Waals surface area contributed by atoms with Gasteiger partial charge < -0.3 is 14.8 Å². The summed E-state index contributed by atoms with van der Waals surface area (Å²) in [6.45, 7) is 1.54. The van der Waals surface area contributed by atoms with Crippen molar-refractivity contribution in [3.05, 3.63) is 88.4 Å². The fourth-order valence-corrected chi connectivity index (χ4v) is 3.03. The number of amides is 2. The van der Waals surface area contributed by atoms with Crippen molar-refractivity contribution in [2.45, 2.75) is 13.1 Å². The van der Waals surface area contributed by atoms with Gasteiger partial charge in [0.25, 0.3) is 0 Å². The van der Waals surface area contributed by atoms with Crippen LogP contribution in [0.2, 0.25) is 5.02 Å². The standard InChI is InChI=1S/C25H19ClF3N3O5/c1-14(31-32-23(34)22(33)30-19-10-6-17(7-11-19)25(27,28)29)16-5-12-20(21(13-16)36-2)37-24(35)15-3-8-18(26)9-4-15/h3-13H,1-2H3,(H,30,33)(H,32,34)/b31-14+. The van der Waals surface area contributed by atoms with E-state index in [9.17, 15) is 27.6 Å². The highest BCUT2D eigenvalue weighted by Crippen LogP contribution is 2.30. The third kappa shape index (κ3) is 7.31. The summed E-state index contributed by atoms with van der Waals surface area (Å²) in [4.78, 5) is 36.5. The second-order valence-corrected chi connectivity index (χ2v) is 7.87. The van der Waals surface area contributed by atoms with Crippen molar-refractivity contribution < 1.29 is 37.0 Å². The average Bonchev–Trinajstić information content (AvgIpc) is 2.87. The number of anilines is 1. The van der Waals surface area contributed by atoms with E-state index >= 15 is 0 Å². The normalized spacial score (nSPS) is 11.5. The summed E-state index contributed by atoms with van der Waals surface area (Å²) >= 11 is 5.82. The molecule has 3 aromatic rings. The van der Waals surface area contributed by atoms with Gasteiger partial charge in [-0.05, 0) is 73.7 Å². The van der Waals surface area contributed by atoms with E-state index in [4.69, 9.17) is 21.1 Å². The van der Waals surface area contributed by atoms with Crippen molar-refractivity contribution in [3.8, 4) is 11.5 Å². The number of methoxy groups -OCH3 is 1. The smallest absolute Gasteiger partial charge is 0.416 e. The van der Waals surface area contributed by atoms with Crippen molar-refractivity contribution in [3.63, 3.8) is 0 Å².